The van der Waals surface area contributed by atoms with E-state index in [0.29, 0.717) is 0 Å². The number of amides is 1. The van der Waals surface area contributed by atoms with Crippen LogP contribution in [0.15, 0.2) is 0 Å². The third-order valence-electron chi connectivity index (χ3n) is 2.88. The van der Waals surface area contributed by atoms with E-state index in [9.17, 15) is 71.1 Å². The normalized spacial score (nSPS) is 14.6. The van der Waals surface area contributed by atoms with Crippen molar-refractivity contribution in [3.05, 3.63) is 0 Å². The molecular weight excluding hydrogens is 460 g/mol. The molecule has 0 fully saturated rings. The Balaban J connectivity index is 4.75. The summed E-state index contributed by atoms with van der Waals surface area (Å²) in [7, 11) is 0. The maximum Gasteiger partial charge on any atom is 0.460 e. The minimum atomic E-state index is -6.86. The van der Waals surface area contributed by atoms with Gasteiger partial charge < -0.3 is 10.1 Å². The van der Waals surface area contributed by atoms with E-state index in [2.05, 4.69) is 4.74 Å². The first-order chi connectivity index (χ1) is 12.5. The maximum atomic E-state index is 12.9. The van der Waals surface area contributed by atoms with Crippen molar-refractivity contribution in [3.8, 4) is 0 Å². The van der Waals surface area contributed by atoms with Gasteiger partial charge >= 0.3 is 42.0 Å². The van der Waals surface area contributed by atoms with Crippen LogP contribution in [0.25, 0.3) is 0 Å². The molecule has 0 saturated heterocycles. The fraction of sp³-hybridized carbons (Fsp3) is 0.818. The van der Waals surface area contributed by atoms with Gasteiger partial charge in [0.25, 0.3) is 5.91 Å². The fourth-order valence-corrected chi connectivity index (χ4v) is 1.27. The molecule has 0 atom stereocenters. The number of carbonyl (C=O) groups is 2. The van der Waals surface area contributed by atoms with Crippen LogP contribution in [0.3, 0.4) is 0 Å². The lowest BCUT2D eigenvalue weighted by molar-refractivity contribution is -0.348. The van der Waals surface area contributed by atoms with Crippen molar-refractivity contribution < 1.29 is 75.8 Å². The number of ether oxygens (including phenoxy) is 1. The van der Waals surface area contributed by atoms with Crippen LogP contribution >= 0.6 is 0 Å². The predicted octanol–water partition coefficient (Wildman–Crippen LogP) is 3.70. The van der Waals surface area contributed by atoms with Gasteiger partial charge in [0.2, 0.25) is 0 Å². The van der Waals surface area contributed by atoms with Crippen molar-refractivity contribution in [2.75, 3.05) is 13.2 Å². The molecule has 172 valence electrons. The monoisotopic (exact) mass is 467 g/mol. The van der Waals surface area contributed by atoms with Crippen LogP contribution in [-0.4, -0.2) is 61.1 Å². The van der Waals surface area contributed by atoms with E-state index in [1.165, 1.54) is 0 Å². The quantitative estimate of drug-likeness (QED) is 0.337. The number of alkyl halides is 14. The first kappa shape index (κ1) is 27.0. The summed E-state index contributed by atoms with van der Waals surface area (Å²) in [5, 5.41) is 0.792. The Morgan fingerprint density at radius 2 is 1.03 bits per heavy atom. The second-order valence-electron chi connectivity index (χ2n) is 5.04. The van der Waals surface area contributed by atoms with Crippen molar-refractivity contribution in [2.45, 2.75) is 42.5 Å². The summed E-state index contributed by atoms with van der Waals surface area (Å²) in [5.74, 6) is -33.0. The number of rotatable bonds is 8. The first-order valence-electron chi connectivity index (χ1n) is 6.65. The van der Waals surface area contributed by atoms with Crippen LogP contribution in [-0.2, 0) is 14.3 Å². The highest BCUT2D eigenvalue weighted by Crippen LogP contribution is 2.47. The standard InChI is InChI=1S/C11H7F14NO3/c12-6(13,8(16,17)10(20,21)22)4(27)26-2-1-3-29-5(28)7(14,15)9(18,19)11(23,24)25/h1-3H2,(H,26,27). The van der Waals surface area contributed by atoms with Crippen LogP contribution in [0.4, 0.5) is 61.5 Å². The van der Waals surface area contributed by atoms with E-state index in [1.54, 1.807) is 0 Å². The van der Waals surface area contributed by atoms with Gasteiger partial charge in [0, 0.05) is 6.54 Å². The second-order valence-corrected chi connectivity index (χ2v) is 5.04. The van der Waals surface area contributed by atoms with Crippen molar-refractivity contribution in [2.24, 2.45) is 0 Å². The summed E-state index contributed by atoms with van der Waals surface area (Å²) in [5.41, 5.74) is 0. The SMILES string of the molecule is O=C(NCCCOC(=O)C(F)(F)C(F)(F)C(F)(F)F)C(F)(F)C(F)(F)C(F)(F)F. The molecule has 0 radical (unpaired) electrons. The lowest BCUT2D eigenvalue weighted by Gasteiger charge is -2.27. The smallest absolute Gasteiger partial charge is 0.460 e. The Kier molecular flexibility index (Phi) is 7.44. The van der Waals surface area contributed by atoms with Gasteiger partial charge in [-0.2, -0.15) is 61.5 Å². The first-order valence-corrected chi connectivity index (χ1v) is 6.65. The summed E-state index contributed by atoms with van der Waals surface area (Å²) >= 11 is 0. The molecule has 1 N–H and O–H groups in total. The molecule has 0 heterocycles. The highest BCUT2D eigenvalue weighted by Gasteiger charge is 2.77. The molecule has 0 aromatic rings. The van der Waals surface area contributed by atoms with Crippen LogP contribution in [0, 0.1) is 0 Å². The van der Waals surface area contributed by atoms with Crippen LogP contribution in [0.2, 0.25) is 0 Å². The summed E-state index contributed by atoms with van der Waals surface area (Å²) in [6, 6.07) is 0. The fourth-order valence-electron chi connectivity index (χ4n) is 1.27. The highest BCUT2D eigenvalue weighted by atomic mass is 19.4. The van der Waals surface area contributed by atoms with Gasteiger partial charge in [-0.25, -0.2) is 4.79 Å². The summed E-state index contributed by atoms with van der Waals surface area (Å²) in [6.45, 7) is -2.86. The molecule has 0 rings (SSSR count). The minimum Gasteiger partial charge on any atom is -0.461 e. The predicted molar refractivity (Wildman–Crippen MR) is 60.5 cm³/mol. The number of nitrogens with one attached hydrogen (secondary N) is 1. The summed E-state index contributed by atoms with van der Waals surface area (Å²) in [4.78, 5) is 21.4. The third-order valence-corrected chi connectivity index (χ3v) is 2.88. The van der Waals surface area contributed by atoms with Gasteiger partial charge in [0.05, 0.1) is 6.61 Å². The molecule has 0 aliphatic rings. The lowest BCUT2D eigenvalue weighted by Crippen LogP contribution is -2.59. The average Bonchev–Trinajstić information content (AvgIpc) is 2.51. The largest absolute Gasteiger partial charge is 0.461 e. The number of halogens is 14. The lowest BCUT2D eigenvalue weighted by atomic mass is 10.1. The summed E-state index contributed by atoms with van der Waals surface area (Å²) in [6.07, 6.45) is -14.8. The number of hydrogen-bond donors (Lipinski definition) is 1. The van der Waals surface area contributed by atoms with Gasteiger partial charge in [-0.1, -0.05) is 0 Å². The molecule has 0 bridgehead atoms. The van der Waals surface area contributed by atoms with Gasteiger partial charge in [-0.15, -0.1) is 0 Å². The Labute approximate surface area is 150 Å². The molecule has 0 aromatic heterocycles. The minimum absolute atomic E-state index is 0.792. The van der Waals surface area contributed by atoms with Crippen molar-refractivity contribution in [1.82, 2.24) is 5.32 Å². The van der Waals surface area contributed by atoms with Crippen molar-refractivity contribution in [3.63, 3.8) is 0 Å². The van der Waals surface area contributed by atoms with Gasteiger partial charge in [0.1, 0.15) is 0 Å². The topological polar surface area (TPSA) is 55.4 Å². The molecule has 0 saturated carbocycles. The second kappa shape index (κ2) is 8.00. The molecule has 0 aliphatic heterocycles. The molecule has 1 amide bonds. The zero-order chi connectivity index (χ0) is 23.7. The Bertz CT molecular complexity index is 557. The average molecular weight is 467 g/mol. The van der Waals surface area contributed by atoms with Crippen LogP contribution < -0.4 is 5.32 Å². The molecule has 29 heavy (non-hydrogen) atoms. The van der Waals surface area contributed by atoms with Crippen LogP contribution in [0.1, 0.15) is 6.42 Å². The van der Waals surface area contributed by atoms with E-state index in [-0.39, 0.29) is 0 Å². The molecule has 0 aromatic carbocycles. The zero-order valence-corrected chi connectivity index (χ0v) is 13.1. The molecule has 4 nitrogen and oxygen atoms in total. The Morgan fingerprint density at radius 1 is 0.655 bits per heavy atom. The van der Waals surface area contributed by atoms with E-state index in [1.807, 2.05) is 0 Å². The maximum absolute atomic E-state index is 12.9. The molecular formula is C11H7F14NO3. The molecule has 0 unspecified atom stereocenters. The Morgan fingerprint density at radius 3 is 1.41 bits per heavy atom. The van der Waals surface area contributed by atoms with Gasteiger partial charge in [0.15, 0.2) is 0 Å². The molecule has 0 spiro atoms. The van der Waals surface area contributed by atoms with Crippen molar-refractivity contribution >= 4 is 11.9 Å². The molecule has 18 heteroatoms. The number of hydrogen-bond acceptors (Lipinski definition) is 3. The summed E-state index contributed by atoms with van der Waals surface area (Å²) < 4.78 is 176. The Hall–Kier alpha value is -2.04. The zero-order valence-electron chi connectivity index (χ0n) is 13.1. The van der Waals surface area contributed by atoms with Crippen molar-refractivity contribution in [1.29, 1.82) is 0 Å². The molecule has 0 aliphatic carbocycles. The van der Waals surface area contributed by atoms with Crippen LogP contribution in [0.5, 0.6) is 0 Å². The van der Waals surface area contributed by atoms with E-state index < -0.39 is 67.5 Å². The highest BCUT2D eigenvalue weighted by molar-refractivity contribution is 5.84. The van der Waals surface area contributed by atoms with Gasteiger partial charge in [-0.05, 0) is 6.42 Å². The third kappa shape index (κ3) is 5.12. The van der Waals surface area contributed by atoms with E-state index >= 15 is 0 Å². The van der Waals surface area contributed by atoms with Gasteiger partial charge in [-0.3, -0.25) is 4.79 Å². The van der Waals surface area contributed by atoms with E-state index in [0.717, 1.165) is 5.32 Å². The number of carbonyl (C=O) groups excluding carboxylic acids is 2. The number of esters is 1. The van der Waals surface area contributed by atoms with E-state index in [4.69, 9.17) is 0 Å².